The van der Waals surface area contributed by atoms with E-state index >= 15 is 0 Å². The zero-order valence-electron chi connectivity index (χ0n) is 12.3. The lowest BCUT2D eigenvalue weighted by molar-refractivity contribution is 0.478. The molecule has 1 aromatic heterocycles. The van der Waals surface area contributed by atoms with Gasteiger partial charge in [0.05, 0.1) is 5.52 Å². The fraction of sp³-hybridized carbons (Fsp3) is 0.375. The van der Waals surface area contributed by atoms with Gasteiger partial charge in [0, 0.05) is 24.2 Å². The first-order valence-corrected chi connectivity index (χ1v) is 6.82. The summed E-state index contributed by atoms with van der Waals surface area (Å²) >= 11 is 0. The topological polar surface area (TPSA) is 54.6 Å². The van der Waals surface area contributed by atoms with Crippen molar-refractivity contribution in [3.63, 3.8) is 0 Å². The van der Waals surface area contributed by atoms with Gasteiger partial charge in [-0.2, -0.15) is 0 Å². The molecule has 0 radical (unpaired) electrons. The quantitative estimate of drug-likeness (QED) is 0.873. The fourth-order valence-corrected chi connectivity index (χ4v) is 2.29. The van der Waals surface area contributed by atoms with E-state index in [4.69, 9.17) is 0 Å². The van der Waals surface area contributed by atoms with E-state index in [9.17, 15) is 9.90 Å². The maximum atomic E-state index is 12.4. The third-order valence-electron chi connectivity index (χ3n) is 3.64. The second-order valence-corrected chi connectivity index (χ2v) is 5.08. The molecule has 0 amide bonds. The number of fused-ring (bicyclic) bond motifs is 1. The number of benzene rings is 1. The Morgan fingerprint density at radius 1 is 1.40 bits per heavy atom. The van der Waals surface area contributed by atoms with Gasteiger partial charge < -0.3 is 9.67 Å². The highest BCUT2D eigenvalue weighted by molar-refractivity contribution is 6.05. The van der Waals surface area contributed by atoms with E-state index in [1.165, 1.54) is 0 Å². The van der Waals surface area contributed by atoms with Crippen LogP contribution in [0.2, 0.25) is 0 Å². The molecule has 0 aliphatic heterocycles. The summed E-state index contributed by atoms with van der Waals surface area (Å²) in [5.74, 6) is 0.0215. The summed E-state index contributed by atoms with van der Waals surface area (Å²) < 4.78 is 1.56. The van der Waals surface area contributed by atoms with Crippen LogP contribution in [0.1, 0.15) is 32.8 Å². The van der Waals surface area contributed by atoms with Gasteiger partial charge >= 0.3 is 0 Å². The average Bonchev–Trinajstić information content (AvgIpc) is 2.45. The highest BCUT2D eigenvalue weighted by atomic mass is 16.3. The number of hydrogen-bond donors (Lipinski definition) is 1. The molecular formula is C16H20N2O2. The van der Waals surface area contributed by atoms with Crippen molar-refractivity contribution in [3.05, 3.63) is 40.2 Å². The first-order chi connectivity index (χ1) is 9.47. The van der Waals surface area contributed by atoms with Gasteiger partial charge in [0.2, 0.25) is 0 Å². The molecule has 1 heterocycles. The van der Waals surface area contributed by atoms with Crippen molar-refractivity contribution in [1.82, 2.24) is 4.57 Å². The molecule has 0 bridgehead atoms. The molecule has 2 aromatic rings. The first-order valence-electron chi connectivity index (χ1n) is 6.82. The van der Waals surface area contributed by atoms with Crippen LogP contribution in [0.5, 0.6) is 5.75 Å². The van der Waals surface area contributed by atoms with Crippen molar-refractivity contribution in [2.45, 2.75) is 33.2 Å². The van der Waals surface area contributed by atoms with Crippen LogP contribution < -0.4 is 5.56 Å². The minimum atomic E-state index is -0.217. The van der Waals surface area contributed by atoms with Crippen LogP contribution in [0.3, 0.4) is 0 Å². The number of aromatic hydroxyl groups is 1. The second-order valence-electron chi connectivity index (χ2n) is 5.08. The van der Waals surface area contributed by atoms with Gasteiger partial charge in [0.25, 0.3) is 5.56 Å². The summed E-state index contributed by atoms with van der Waals surface area (Å²) in [6, 6.07) is 7.45. The lowest BCUT2D eigenvalue weighted by atomic mass is 10.1. The molecule has 0 unspecified atom stereocenters. The molecule has 0 aliphatic carbocycles. The van der Waals surface area contributed by atoms with Crippen molar-refractivity contribution in [2.24, 2.45) is 12.0 Å². The van der Waals surface area contributed by atoms with E-state index in [0.29, 0.717) is 16.7 Å². The van der Waals surface area contributed by atoms with Crippen LogP contribution >= 0.6 is 0 Å². The highest BCUT2D eigenvalue weighted by Gasteiger charge is 2.16. The molecule has 1 atom stereocenters. The Morgan fingerprint density at radius 3 is 2.70 bits per heavy atom. The Hall–Kier alpha value is -2.10. The fourth-order valence-electron chi connectivity index (χ4n) is 2.29. The minimum absolute atomic E-state index is 0.0215. The largest absolute Gasteiger partial charge is 0.506 e. The molecule has 0 saturated heterocycles. The van der Waals surface area contributed by atoms with Gasteiger partial charge in [-0.3, -0.25) is 9.79 Å². The predicted molar refractivity (Wildman–Crippen MR) is 82.8 cm³/mol. The van der Waals surface area contributed by atoms with E-state index in [2.05, 4.69) is 4.99 Å². The Kier molecular flexibility index (Phi) is 3.93. The highest BCUT2D eigenvalue weighted by Crippen LogP contribution is 2.26. The number of rotatable bonds is 3. The van der Waals surface area contributed by atoms with Crippen molar-refractivity contribution in [3.8, 4) is 5.75 Å². The number of aliphatic imine (C=N–C) groups is 1. The molecule has 0 saturated carbocycles. The lowest BCUT2D eigenvalue weighted by Gasteiger charge is -2.12. The van der Waals surface area contributed by atoms with Crippen LogP contribution in [0.4, 0.5) is 0 Å². The molecule has 106 valence electrons. The molecule has 20 heavy (non-hydrogen) atoms. The lowest BCUT2D eigenvalue weighted by Crippen LogP contribution is -2.24. The standard InChI is InChI=1S/C16H20N2O2/c1-5-10(2)17-11(3)14-15(19)12-8-6-7-9-13(12)18(4)16(14)20/h6-10,19H,5H2,1-4H3/t10-/m0/s1. The molecule has 0 fully saturated rings. The van der Waals surface area contributed by atoms with E-state index < -0.39 is 0 Å². The van der Waals surface area contributed by atoms with Gasteiger partial charge in [-0.05, 0) is 32.4 Å². The van der Waals surface area contributed by atoms with Crippen molar-refractivity contribution < 1.29 is 5.11 Å². The van der Waals surface area contributed by atoms with Crippen LogP contribution in [-0.4, -0.2) is 21.4 Å². The summed E-state index contributed by atoms with van der Waals surface area (Å²) in [4.78, 5) is 16.9. The normalized spacial score (nSPS) is 13.7. The van der Waals surface area contributed by atoms with Crippen LogP contribution in [0.25, 0.3) is 10.9 Å². The molecule has 1 aromatic carbocycles. The summed E-state index contributed by atoms with van der Waals surface area (Å²) in [5, 5.41) is 11.1. The average molecular weight is 272 g/mol. The third-order valence-corrected chi connectivity index (χ3v) is 3.64. The number of aryl methyl sites for hydroxylation is 1. The van der Waals surface area contributed by atoms with Gasteiger partial charge in [0.15, 0.2) is 0 Å². The Bertz CT molecular complexity index is 729. The van der Waals surface area contributed by atoms with Crippen molar-refractivity contribution in [2.75, 3.05) is 0 Å². The Morgan fingerprint density at radius 2 is 2.05 bits per heavy atom. The molecule has 0 spiro atoms. The molecule has 1 N–H and O–H groups in total. The van der Waals surface area contributed by atoms with E-state index in [1.807, 2.05) is 38.1 Å². The minimum Gasteiger partial charge on any atom is -0.506 e. The van der Waals surface area contributed by atoms with Crippen molar-refractivity contribution in [1.29, 1.82) is 0 Å². The maximum Gasteiger partial charge on any atom is 0.263 e. The molecule has 0 aliphatic rings. The predicted octanol–water partition coefficient (Wildman–Crippen LogP) is 2.85. The van der Waals surface area contributed by atoms with Crippen LogP contribution in [0, 0.1) is 0 Å². The first kappa shape index (κ1) is 14.3. The summed E-state index contributed by atoms with van der Waals surface area (Å²) in [5.41, 5.74) is 1.38. The Balaban J connectivity index is 2.78. The molecular weight excluding hydrogens is 252 g/mol. The van der Waals surface area contributed by atoms with Gasteiger partial charge in [-0.15, -0.1) is 0 Å². The summed E-state index contributed by atoms with van der Waals surface area (Å²) in [6.45, 7) is 5.81. The summed E-state index contributed by atoms with van der Waals surface area (Å²) in [6.07, 6.45) is 0.895. The Labute approximate surface area is 118 Å². The molecule has 4 heteroatoms. The number of hydrogen-bond acceptors (Lipinski definition) is 3. The molecule has 4 nitrogen and oxygen atoms in total. The number of pyridine rings is 1. The summed E-state index contributed by atoms with van der Waals surface area (Å²) in [7, 11) is 1.71. The number of nitrogens with zero attached hydrogens (tertiary/aromatic N) is 2. The third kappa shape index (κ3) is 2.33. The van der Waals surface area contributed by atoms with Gasteiger partial charge in [-0.25, -0.2) is 0 Å². The number of aromatic nitrogens is 1. The second kappa shape index (κ2) is 5.49. The smallest absolute Gasteiger partial charge is 0.263 e. The van der Waals surface area contributed by atoms with Gasteiger partial charge in [0.1, 0.15) is 11.3 Å². The van der Waals surface area contributed by atoms with E-state index in [1.54, 1.807) is 18.5 Å². The monoisotopic (exact) mass is 272 g/mol. The SMILES string of the molecule is CC[C@H](C)N=C(C)c1c(O)c2ccccc2n(C)c1=O. The number of para-hydroxylation sites is 1. The van der Waals surface area contributed by atoms with Gasteiger partial charge in [-0.1, -0.05) is 19.1 Å². The zero-order valence-corrected chi connectivity index (χ0v) is 12.3. The zero-order chi connectivity index (χ0) is 14.9. The van der Waals surface area contributed by atoms with Crippen LogP contribution in [0.15, 0.2) is 34.1 Å². The van der Waals surface area contributed by atoms with Crippen LogP contribution in [-0.2, 0) is 7.05 Å². The van der Waals surface area contributed by atoms with Crippen molar-refractivity contribution >= 4 is 16.6 Å². The maximum absolute atomic E-state index is 12.4. The van der Waals surface area contributed by atoms with E-state index in [0.717, 1.165) is 11.9 Å². The molecule has 2 rings (SSSR count). The van der Waals surface area contributed by atoms with E-state index in [-0.39, 0.29) is 17.4 Å².